The van der Waals surface area contributed by atoms with Crippen LogP contribution in [0, 0.1) is 0 Å². The van der Waals surface area contributed by atoms with Crippen LogP contribution >= 0.6 is 0 Å². The average Bonchev–Trinajstić information content (AvgIpc) is 2.55. The average molecular weight is 335 g/mol. The Bertz CT molecular complexity index is 565. The van der Waals surface area contributed by atoms with Gasteiger partial charge in [0.05, 0.1) is 6.61 Å². The lowest BCUT2D eigenvalue weighted by Gasteiger charge is -2.24. The number of Topliss-reactive ketones (excluding diaryl/α,β-unsaturated/α-hetero) is 1. The third-order valence-electron chi connectivity index (χ3n) is 3.46. The highest BCUT2D eigenvalue weighted by molar-refractivity contribution is 5.98. The van der Waals surface area contributed by atoms with Gasteiger partial charge >= 0.3 is 5.97 Å². The highest BCUT2D eigenvalue weighted by Crippen LogP contribution is 2.15. The second-order valence-corrected chi connectivity index (χ2v) is 5.81. The van der Waals surface area contributed by atoms with E-state index in [1.54, 1.807) is 38.1 Å². The molecule has 24 heavy (non-hydrogen) atoms. The van der Waals surface area contributed by atoms with Crippen LogP contribution in [0.1, 0.15) is 50.4 Å². The zero-order chi connectivity index (χ0) is 18.1. The first kappa shape index (κ1) is 19.7. The van der Waals surface area contributed by atoms with Gasteiger partial charge in [0.2, 0.25) is 5.91 Å². The molecular formula is C18H25NO5. The van der Waals surface area contributed by atoms with Crippen LogP contribution in [-0.4, -0.2) is 46.9 Å². The molecule has 0 aliphatic rings. The van der Waals surface area contributed by atoms with Gasteiger partial charge in [0.25, 0.3) is 0 Å². The summed E-state index contributed by atoms with van der Waals surface area (Å²) in [6.07, 6.45) is 0.959. The summed E-state index contributed by atoms with van der Waals surface area (Å²) < 4.78 is 5.46. The maximum absolute atomic E-state index is 12.2. The van der Waals surface area contributed by atoms with E-state index in [-0.39, 0.29) is 37.1 Å². The van der Waals surface area contributed by atoms with Crippen molar-refractivity contribution >= 4 is 17.7 Å². The number of benzene rings is 1. The molecule has 1 rings (SSSR count). The molecule has 0 atom stereocenters. The molecule has 132 valence electrons. The Morgan fingerprint density at radius 3 is 2.25 bits per heavy atom. The summed E-state index contributed by atoms with van der Waals surface area (Å²) in [5.41, 5.74) is 0.515. The molecule has 6 nitrogen and oxygen atoms in total. The predicted octanol–water partition coefficient (Wildman–Crippen LogP) is 2.76. The fraction of sp³-hybridized carbons (Fsp3) is 0.500. The smallest absolute Gasteiger partial charge is 0.323 e. The monoisotopic (exact) mass is 335 g/mol. The van der Waals surface area contributed by atoms with Crippen LogP contribution in [0.3, 0.4) is 0 Å². The molecule has 1 N–H and O–H groups in total. The van der Waals surface area contributed by atoms with E-state index in [9.17, 15) is 14.4 Å². The third-order valence-corrected chi connectivity index (χ3v) is 3.46. The number of amides is 1. The molecule has 0 aliphatic carbocycles. The molecule has 1 aromatic rings. The molecule has 0 heterocycles. The lowest BCUT2D eigenvalue weighted by Crippen LogP contribution is -2.40. The normalized spacial score (nSPS) is 10.5. The van der Waals surface area contributed by atoms with Gasteiger partial charge < -0.3 is 14.7 Å². The Morgan fingerprint density at radius 2 is 1.75 bits per heavy atom. The van der Waals surface area contributed by atoms with E-state index in [1.165, 1.54) is 4.90 Å². The van der Waals surface area contributed by atoms with Crippen LogP contribution in [-0.2, 0) is 9.59 Å². The molecule has 0 aliphatic heterocycles. The molecule has 1 amide bonds. The molecular weight excluding hydrogens is 310 g/mol. The van der Waals surface area contributed by atoms with Gasteiger partial charge in [0.15, 0.2) is 5.78 Å². The van der Waals surface area contributed by atoms with Gasteiger partial charge in [-0.25, -0.2) is 0 Å². The van der Waals surface area contributed by atoms with E-state index in [0.717, 1.165) is 6.42 Å². The SMILES string of the molecule is CCCOc1ccc(C(=O)CCC(=O)N(CC(=O)O)C(C)C)cc1. The zero-order valence-electron chi connectivity index (χ0n) is 14.4. The largest absolute Gasteiger partial charge is 0.494 e. The Kier molecular flexibility index (Phi) is 7.95. The standard InChI is InChI=1S/C18H25NO5/c1-4-11-24-15-7-5-14(6-8-15)16(20)9-10-17(21)19(13(2)3)12-18(22)23/h5-8,13H,4,9-12H2,1-3H3,(H,22,23). The van der Waals surface area contributed by atoms with Gasteiger partial charge in [-0.15, -0.1) is 0 Å². The van der Waals surface area contributed by atoms with Gasteiger partial charge in [0.1, 0.15) is 12.3 Å². The van der Waals surface area contributed by atoms with E-state index >= 15 is 0 Å². The van der Waals surface area contributed by atoms with Gasteiger partial charge in [-0.3, -0.25) is 14.4 Å². The maximum Gasteiger partial charge on any atom is 0.323 e. The van der Waals surface area contributed by atoms with Crippen molar-refractivity contribution in [1.29, 1.82) is 0 Å². The number of hydrogen-bond donors (Lipinski definition) is 1. The Labute approximate surface area is 142 Å². The van der Waals surface area contributed by atoms with Crippen LogP contribution in [0.15, 0.2) is 24.3 Å². The molecule has 0 saturated heterocycles. The first-order chi connectivity index (χ1) is 11.3. The number of ketones is 1. The molecule has 0 unspecified atom stereocenters. The van der Waals surface area contributed by atoms with Crippen molar-refractivity contribution in [2.75, 3.05) is 13.2 Å². The number of aliphatic carboxylic acids is 1. The fourth-order valence-corrected chi connectivity index (χ4v) is 2.17. The Hall–Kier alpha value is -2.37. The first-order valence-corrected chi connectivity index (χ1v) is 8.12. The number of carboxylic acid groups (broad SMARTS) is 1. The molecule has 0 saturated carbocycles. The summed E-state index contributed by atoms with van der Waals surface area (Å²) in [6, 6.07) is 6.59. The number of nitrogens with zero attached hydrogens (tertiary/aromatic N) is 1. The minimum atomic E-state index is -1.06. The molecule has 0 fully saturated rings. The third kappa shape index (κ3) is 6.40. The van der Waals surface area contributed by atoms with Crippen LogP contribution < -0.4 is 4.74 Å². The molecule has 6 heteroatoms. The lowest BCUT2D eigenvalue weighted by atomic mass is 10.1. The highest BCUT2D eigenvalue weighted by atomic mass is 16.5. The Balaban J connectivity index is 2.58. The van der Waals surface area contributed by atoms with Gasteiger partial charge in [-0.1, -0.05) is 6.92 Å². The van der Waals surface area contributed by atoms with Gasteiger partial charge in [0, 0.05) is 24.4 Å². The summed E-state index contributed by atoms with van der Waals surface area (Å²) >= 11 is 0. The molecule has 0 bridgehead atoms. The van der Waals surface area contributed by atoms with Crippen molar-refractivity contribution in [2.24, 2.45) is 0 Å². The highest BCUT2D eigenvalue weighted by Gasteiger charge is 2.20. The van der Waals surface area contributed by atoms with E-state index in [0.29, 0.717) is 17.9 Å². The lowest BCUT2D eigenvalue weighted by molar-refractivity contribution is -0.145. The van der Waals surface area contributed by atoms with Crippen molar-refractivity contribution in [3.63, 3.8) is 0 Å². The zero-order valence-corrected chi connectivity index (χ0v) is 14.4. The molecule has 0 radical (unpaired) electrons. The van der Waals surface area contributed by atoms with E-state index < -0.39 is 5.97 Å². The topological polar surface area (TPSA) is 83.9 Å². The Morgan fingerprint density at radius 1 is 1.12 bits per heavy atom. The van der Waals surface area contributed by atoms with Gasteiger partial charge in [-0.2, -0.15) is 0 Å². The molecule has 0 aromatic heterocycles. The summed E-state index contributed by atoms with van der Waals surface area (Å²) in [6.45, 7) is 5.78. The number of ether oxygens (including phenoxy) is 1. The van der Waals surface area contributed by atoms with Crippen molar-refractivity contribution in [3.8, 4) is 5.75 Å². The van der Waals surface area contributed by atoms with Crippen molar-refractivity contribution in [2.45, 2.75) is 46.1 Å². The number of carbonyl (C=O) groups excluding carboxylic acids is 2. The maximum atomic E-state index is 12.2. The van der Waals surface area contributed by atoms with Crippen LogP contribution in [0.4, 0.5) is 0 Å². The number of hydrogen-bond acceptors (Lipinski definition) is 4. The van der Waals surface area contributed by atoms with E-state index in [1.807, 2.05) is 6.92 Å². The summed E-state index contributed by atoms with van der Waals surface area (Å²) in [5.74, 6) is -0.837. The number of carbonyl (C=O) groups is 3. The quantitative estimate of drug-likeness (QED) is 0.665. The number of carboxylic acids is 1. The fourth-order valence-electron chi connectivity index (χ4n) is 2.17. The van der Waals surface area contributed by atoms with Crippen molar-refractivity contribution in [3.05, 3.63) is 29.8 Å². The van der Waals surface area contributed by atoms with Crippen LogP contribution in [0.2, 0.25) is 0 Å². The second-order valence-electron chi connectivity index (χ2n) is 5.81. The van der Waals surface area contributed by atoms with Crippen LogP contribution in [0.5, 0.6) is 5.75 Å². The minimum Gasteiger partial charge on any atom is -0.494 e. The van der Waals surface area contributed by atoms with E-state index in [2.05, 4.69) is 0 Å². The van der Waals surface area contributed by atoms with Gasteiger partial charge in [-0.05, 0) is 44.5 Å². The van der Waals surface area contributed by atoms with Crippen LogP contribution in [0.25, 0.3) is 0 Å². The summed E-state index contributed by atoms with van der Waals surface area (Å²) in [5, 5.41) is 8.85. The summed E-state index contributed by atoms with van der Waals surface area (Å²) in [7, 11) is 0. The number of rotatable bonds is 10. The molecule has 1 aromatic carbocycles. The van der Waals surface area contributed by atoms with Crippen molar-refractivity contribution in [1.82, 2.24) is 4.90 Å². The van der Waals surface area contributed by atoms with E-state index in [4.69, 9.17) is 9.84 Å². The van der Waals surface area contributed by atoms with Crippen molar-refractivity contribution < 1.29 is 24.2 Å². The molecule has 0 spiro atoms. The first-order valence-electron chi connectivity index (χ1n) is 8.12. The summed E-state index contributed by atoms with van der Waals surface area (Å²) in [4.78, 5) is 36.4. The minimum absolute atomic E-state index is 0.00161. The predicted molar refractivity (Wildman–Crippen MR) is 90.3 cm³/mol. The second kappa shape index (κ2) is 9.70.